The first kappa shape index (κ1) is 19.9. The van der Waals surface area contributed by atoms with Crippen LogP contribution in [-0.2, 0) is 9.53 Å². The summed E-state index contributed by atoms with van der Waals surface area (Å²) in [6.07, 6.45) is 1.22. The number of benzene rings is 2. The van der Waals surface area contributed by atoms with Crippen molar-refractivity contribution in [3.05, 3.63) is 59.7 Å². The molecule has 0 bridgehead atoms. The predicted molar refractivity (Wildman–Crippen MR) is 108 cm³/mol. The monoisotopic (exact) mass is 382 g/mol. The van der Waals surface area contributed by atoms with E-state index in [0.717, 1.165) is 24.2 Å². The molecule has 1 fully saturated rings. The molecule has 6 nitrogen and oxygen atoms in total. The smallest absolute Gasteiger partial charge is 0.253 e. The molecule has 0 spiro atoms. The molecule has 0 saturated carbocycles. The summed E-state index contributed by atoms with van der Waals surface area (Å²) < 4.78 is 10.8. The van der Waals surface area contributed by atoms with Gasteiger partial charge in [0.15, 0.2) is 0 Å². The van der Waals surface area contributed by atoms with Crippen LogP contribution in [0.2, 0.25) is 0 Å². The van der Waals surface area contributed by atoms with E-state index in [1.807, 2.05) is 38.1 Å². The highest BCUT2D eigenvalue weighted by Crippen LogP contribution is 2.19. The molecule has 28 heavy (non-hydrogen) atoms. The first-order valence-electron chi connectivity index (χ1n) is 9.63. The normalized spacial score (nSPS) is 17.0. The van der Waals surface area contributed by atoms with Crippen molar-refractivity contribution >= 4 is 17.5 Å². The molecule has 6 heteroatoms. The minimum atomic E-state index is -0.405. The average Bonchev–Trinajstić information content (AvgIpc) is 3.24. The van der Waals surface area contributed by atoms with Crippen LogP contribution >= 0.6 is 0 Å². The zero-order valence-corrected chi connectivity index (χ0v) is 16.2. The molecule has 2 N–H and O–H groups in total. The number of anilines is 1. The Kier molecular flexibility index (Phi) is 6.66. The Hall–Kier alpha value is -2.86. The number of carbonyl (C=O) groups is 2. The van der Waals surface area contributed by atoms with Crippen LogP contribution in [0.25, 0.3) is 0 Å². The predicted octanol–water partition coefficient (Wildman–Crippen LogP) is 3.69. The molecule has 2 aromatic rings. The second kappa shape index (κ2) is 9.37. The van der Waals surface area contributed by atoms with E-state index >= 15 is 0 Å². The lowest BCUT2D eigenvalue weighted by Crippen LogP contribution is -2.28. The van der Waals surface area contributed by atoms with Gasteiger partial charge in [-0.25, -0.2) is 0 Å². The molecule has 0 radical (unpaired) electrons. The number of amides is 2. The summed E-state index contributed by atoms with van der Waals surface area (Å²) in [5.41, 5.74) is 2.06. The molecule has 0 aliphatic carbocycles. The molecule has 0 aromatic heterocycles. The highest BCUT2D eigenvalue weighted by Gasteiger charge is 2.23. The minimum Gasteiger partial charge on any atom is -0.494 e. The van der Waals surface area contributed by atoms with Gasteiger partial charge in [0.05, 0.1) is 12.6 Å². The Morgan fingerprint density at radius 3 is 2.68 bits per heavy atom. The summed E-state index contributed by atoms with van der Waals surface area (Å²) in [6, 6.07) is 14.4. The Morgan fingerprint density at radius 2 is 2.00 bits per heavy atom. The van der Waals surface area contributed by atoms with Gasteiger partial charge in [0, 0.05) is 17.9 Å². The third-order valence-corrected chi connectivity index (χ3v) is 4.65. The Morgan fingerprint density at radius 1 is 1.21 bits per heavy atom. The van der Waals surface area contributed by atoms with Gasteiger partial charge in [-0.3, -0.25) is 9.59 Å². The lowest BCUT2D eigenvalue weighted by molar-refractivity contribution is -0.124. The molecule has 2 amide bonds. The second-order valence-corrected chi connectivity index (χ2v) is 6.77. The SMILES string of the molecule is CCOc1ccc(C(C)NC(=O)c2cccc(NC(=O)C3CCCO3)c2)cc1. The van der Waals surface area contributed by atoms with Crippen molar-refractivity contribution in [3.8, 4) is 5.75 Å². The maximum Gasteiger partial charge on any atom is 0.253 e. The first-order chi connectivity index (χ1) is 13.6. The maximum atomic E-state index is 12.6. The molecule has 2 unspecified atom stereocenters. The van der Waals surface area contributed by atoms with Crippen LogP contribution in [0.4, 0.5) is 5.69 Å². The van der Waals surface area contributed by atoms with Gasteiger partial charge in [-0.1, -0.05) is 18.2 Å². The molecule has 2 atom stereocenters. The lowest BCUT2D eigenvalue weighted by Gasteiger charge is -2.16. The van der Waals surface area contributed by atoms with Crippen molar-refractivity contribution in [1.82, 2.24) is 5.32 Å². The highest BCUT2D eigenvalue weighted by atomic mass is 16.5. The van der Waals surface area contributed by atoms with Gasteiger partial charge in [-0.15, -0.1) is 0 Å². The lowest BCUT2D eigenvalue weighted by atomic mass is 10.1. The molecule has 1 aliphatic heterocycles. The van der Waals surface area contributed by atoms with E-state index in [2.05, 4.69) is 10.6 Å². The molecular formula is C22H26N2O4. The van der Waals surface area contributed by atoms with Gasteiger partial charge in [0.25, 0.3) is 11.8 Å². The van der Waals surface area contributed by atoms with Crippen LogP contribution in [0.5, 0.6) is 5.75 Å². The van der Waals surface area contributed by atoms with Gasteiger partial charge in [0.1, 0.15) is 11.9 Å². The summed E-state index contributed by atoms with van der Waals surface area (Å²) >= 11 is 0. The molecule has 2 aromatic carbocycles. The molecule has 148 valence electrons. The van der Waals surface area contributed by atoms with E-state index in [4.69, 9.17) is 9.47 Å². The number of hydrogen-bond donors (Lipinski definition) is 2. The molecule has 3 rings (SSSR count). The number of nitrogens with one attached hydrogen (secondary N) is 2. The van der Waals surface area contributed by atoms with E-state index in [0.29, 0.717) is 24.5 Å². The van der Waals surface area contributed by atoms with Gasteiger partial charge < -0.3 is 20.1 Å². The molecular weight excluding hydrogens is 356 g/mol. The third kappa shape index (κ3) is 5.10. The van der Waals surface area contributed by atoms with Crippen LogP contribution in [-0.4, -0.2) is 31.1 Å². The van der Waals surface area contributed by atoms with E-state index in [9.17, 15) is 9.59 Å². The number of ether oxygens (including phenoxy) is 2. The summed E-state index contributed by atoms with van der Waals surface area (Å²) in [5.74, 6) is 0.437. The summed E-state index contributed by atoms with van der Waals surface area (Å²) in [4.78, 5) is 24.8. The van der Waals surface area contributed by atoms with Crippen molar-refractivity contribution in [2.24, 2.45) is 0 Å². The van der Waals surface area contributed by atoms with E-state index < -0.39 is 6.10 Å². The van der Waals surface area contributed by atoms with Crippen molar-refractivity contribution in [2.45, 2.75) is 38.8 Å². The summed E-state index contributed by atoms with van der Waals surface area (Å²) in [5, 5.41) is 5.81. The Labute approximate surface area is 165 Å². The minimum absolute atomic E-state index is 0.159. The largest absolute Gasteiger partial charge is 0.494 e. The fourth-order valence-electron chi connectivity index (χ4n) is 3.13. The average molecular weight is 382 g/mol. The first-order valence-corrected chi connectivity index (χ1v) is 9.63. The van der Waals surface area contributed by atoms with E-state index in [-0.39, 0.29) is 17.9 Å². The van der Waals surface area contributed by atoms with Crippen molar-refractivity contribution < 1.29 is 19.1 Å². The van der Waals surface area contributed by atoms with Gasteiger partial charge in [-0.2, -0.15) is 0 Å². The fourth-order valence-corrected chi connectivity index (χ4v) is 3.13. The van der Waals surface area contributed by atoms with Crippen LogP contribution < -0.4 is 15.4 Å². The van der Waals surface area contributed by atoms with Gasteiger partial charge in [0.2, 0.25) is 0 Å². The standard InChI is InChI=1S/C22H26N2O4/c1-3-27-19-11-9-16(10-12-19)15(2)23-21(25)17-6-4-7-18(14-17)24-22(26)20-8-5-13-28-20/h4,6-7,9-12,14-15,20H,3,5,8,13H2,1-2H3,(H,23,25)(H,24,26). The molecule has 1 aliphatic rings. The number of hydrogen-bond acceptors (Lipinski definition) is 4. The van der Waals surface area contributed by atoms with Crippen molar-refractivity contribution in [1.29, 1.82) is 0 Å². The summed E-state index contributed by atoms with van der Waals surface area (Å²) in [7, 11) is 0. The zero-order valence-electron chi connectivity index (χ0n) is 16.2. The van der Waals surface area contributed by atoms with Crippen molar-refractivity contribution in [3.63, 3.8) is 0 Å². The number of rotatable bonds is 7. The fraction of sp³-hybridized carbons (Fsp3) is 0.364. The van der Waals surface area contributed by atoms with Crippen molar-refractivity contribution in [2.75, 3.05) is 18.5 Å². The van der Waals surface area contributed by atoms with Gasteiger partial charge >= 0.3 is 0 Å². The van der Waals surface area contributed by atoms with Crippen LogP contribution in [0.15, 0.2) is 48.5 Å². The molecule has 1 saturated heterocycles. The van der Waals surface area contributed by atoms with Gasteiger partial charge in [-0.05, 0) is 62.6 Å². The van der Waals surface area contributed by atoms with E-state index in [1.54, 1.807) is 24.3 Å². The third-order valence-electron chi connectivity index (χ3n) is 4.65. The van der Waals surface area contributed by atoms with E-state index in [1.165, 1.54) is 0 Å². The number of carbonyl (C=O) groups excluding carboxylic acids is 2. The summed E-state index contributed by atoms with van der Waals surface area (Å²) in [6.45, 7) is 5.10. The van der Waals surface area contributed by atoms with Crippen LogP contribution in [0.1, 0.15) is 48.7 Å². The van der Waals surface area contributed by atoms with Crippen LogP contribution in [0, 0.1) is 0 Å². The van der Waals surface area contributed by atoms with Crippen LogP contribution in [0.3, 0.4) is 0 Å². The molecule has 1 heterocycles. The second-order valence-electron chi connectivity index (χ2n) is 6.77. The Bertz CT molecular complexity index is 814. The maximum absolute atomic E-state index is 12.6. The topological polar surface area (TPSA) is 76.7 Å². The zero-order chi connectivity index (χ0) is 19.9. The highest BCUT2D eigenvalue weighted by molar-refractivity contribution is 5.98. The quantitative estimate of drug-likeness (QED) is 0.766. The Balaban J connectivity index is 1.61.